The number of pyridine rings is 1. The lowest BCUT2D eigenvalue weighted by Gasteiger charge is -2.47. The van der Waals surface area contributed by atoms with Crippen molar-refractivity contribution in [1.82, 2.24) is 15.2 Å². The Labute approximate surface area is 229 Å². The van der Waals surface area contributed by atoms with Gasteiger partial charge in [0.1, 0.15) is 0 Å². The molecule has 0 bridgehead atoms. The van der Waals surface area contributed by atoms with Gasteiger partial charge in [-0.25, -0.2) is 0 Å². The van der Waals surface area contributed by atoms with Gasteiger partial charge in [-0.15, -0.1) is 0 Å². The molecular weight excluding hydrogens is 496 g/mol. The molecule has 0 unspecified atom stereocenters. The van der Waals surface area contributed by atoms with Gasteiger partial charge < -0.3 is 15.1 Å². The minimum Gasteiger partial charge on any atom is -0.371 e. The van der Waals surface area contributed by atoms with Gasteiger partial charge in [0.25, 0.3) is 11.8 Å². The number of likely N-dealkylation sites (tertiary alicyclic amines) is 1. The first kappa shape index (κ1) is 24.9. The average Bonchev–Trinajstić information content (AvgIpc) is 3.37. The quantitative estimate of drug-likeness (QED) is 0.473. The number of carbonyl (C=O) groups is 2. The second-order valence-corrected chi connectivity index (χ2v) is 11.3. The number of carbonyl (C=O) groups excluding carboxylic acids is 2. The molecule has 3 aromatic rings. The highest BCUT2D eigenvalue weighted by Gasteiger charge is 2.39. The Morgan fingerprint density at radius 2 is 1.55 bits per heavy atom. The molecule has 3 aliphatic rings. The summed E-state index contributed by atoms with van der Waals surface area (Å²) in [6.07, 6.45) is 9.76. The molecule has 2 fully saturated rings. The number of fused-ring (bicyclic) bond motifs is 1. The van der Waals surface area contributed by atoms with Gasteiger partial charge in [0.2, 0.25) is 0 Å². The van der Waals surface area contributed by atoms with Crippen LogP contribution in [0.1, 0.15) is 70.0 Å². The second kappa shape index (κ2) is 10.4. The summed E-state index contributed by atoms with van der Waals surface area (Å²) in [6, 6.07) is 17.1. The van der Waals surface area contributed by atoms with E-state index in [0.717, 1.165) is 68.6 Å². The van der Waals surface area contributed by atoms with E-state index in [-0.39, 0.29) is 17.9 Å². The predicted octanol–water partition coefficient (Wildman–Crippen LogP) is 5.68. The van der Waals surface area contributed by atoms with Gasteiger partial charge in [0.05, 0.1) is 16.6 Å². The molecule has 6 rings (SSSR count). The summed E-state index contributed by atoms with van der Waals surface area (Å²) in [5.74, 6) is -0.0505. The molecular formula is C31H33ClN4O2. The van der Waals surface area contributed by atoms with E-state index < -0.39 is 0 Å². The number of rotatable bonds is 4. The Balaban J connectivity index is 1.09. The number of piperidine rings is 2. The highest BCUT2D eigenvalue weighted by molar-refractivity contribution is 6.33. The van der Waals surface area contributed by atoms with E-state index in [0.29, 0.717) is 16.0 Å². The zero-order valence-electron chi connectivity index (χ0n) is 21.5. The fourth-order valence-corrected chi connectivity index (χ4v) is 6.76. The Morgan fingerprint density at radius 1 is 0.868 bits per heavy atom. The number of nitrogens with zero attached hydrogens (tertiary/aromatic N) is 3. The molecule has 196 valence electrons. The minimum atomic E-state index is -0.179. The van der Waals surface area contributed by atoms with Crippen LogP contribution in [0.25, 0.3) is 0 Å². The smallest absolute Gasteiger partial charge is 0.254 e. The van der Waals surface area contributed by atoms with Crippen molar-refractivity contribution < 1.29 is 9.59 Å². The highest BCUT2D eigenvalue weighted by Crippen LogP contribution is 2.43. The molecule has 6 nitrogen and oxygen atoms in total. The SMILES string of the molecule is O=C(N[C@H]1CCc2c(C(=O)N3CCC4(CC3)CCN(c3ccncc3)CC4)cccc21)c1ccccc1Cl. The average molecular weight is 529 g/mol. The van der Waals surface area contributed by atoms with Gasteiger partial charge in [-0.2, -0.15) is 0 Å². The van der Waals surface area contributed by atoms with Crippen molar-refractivity contribution in [2.75, 3.05) is 31.1 Å². The van der Waals surface area contributed by atoms with Crippen LogP contribution in [0.15, 0.2) is 67.0 Å². The number of anilines is 1. The molecule has 2 aliphatic heterocycles. The van der Waals surface area contributed by atoms with Gasteiger partial charge in [-0.05, 0) is 85.4 Å². The van der Waals surface area contributed by atoms with Gasteiger partial charge in [-0.3, -0.25) is 14.6 Å². The molecule has 0 radical (unpaired) electrons. The highest BCUT2D eigenvalue weighted by atomic mass is 35.5. The van der Waals surface area contributed by atoms with Crippen LogP contribution in [-0.2, 0) is 6.42 Å². The lowest BCUT2D eigenvalue weighted by atomic mass is 9.71. The zero-order chi connectivity index (χ0) is 26.1. The molecule has 1 atom stereocenters. The fourth-order valence-electron chi connectivity index (χ4n) is 6.53. The third-order valence-electron chi connectivity index (χ3n) is 8.89. The zero-order valence-corrected chi connectivity index (χ0v) is 22.3. The summed E-state index contributed by atoms with van der Waals surface area (Å²) in [5, 5.41) is 3.58. The largest absolute Gasteiger partial charge is 0.371 e. The topological polar surface area (TPSA) is 65.5 Å². The standard InChI is InChI=1S/C31H33ClN4O2/c32-27-7-2-1-4-26(27)29(37)34-28-9-8-23-24(28)5-3-6-25(23)30(38)36-20-14-31(15-21-36)12-18-35(19-13-31)22-10-16-33-17-11-22/h1-7,10-11,16-17,28H,8-9,12-15,18-21H2,(H,34,37)/t28-/m0/s1. The lowest BCUT2D eigenvalue weighted by Crippen LogP contribution is -2.48. The number of hydrogen-bond donors (Lipinski definition) is 1. The maximum Gasteiger partial charge on any atom is 0.254 e. The normalized spacial score (nSPS) is 20.3. The van der Waals surface area contributed by atoms with Crippen LogP contribution in [-0.4, -0.2) is 47.9 Å². The maximum absolute atomic E-state index is 13.7. The Bertz CT molecular complexity index is 1330. The summed E-state index contributed by atoms with van der Waals surface area (Å²) < 4.78 is 0. The van der Waals surface area contributed by atoms with Crippen LogP contribution in [0.5, 0.6) is 0 Å². The predicted molar refractivity (Wildman–Crippen MR) is 150 cm³/mol. The molecule has 7 heteroatoms. The Kier molecular flexibility index (Phi) is 6.83. The van der Waals surface area contributed by atoms with E-state index in [1.54, 1.807) is 12.1 Å². The summed E-state index contributed by atoms with van der Waals surface area (Å²) in [4.78, 5) is 35.2. The summed E-state index contributed by atoms with van der Waals surface area (Å²) >= 11 is 6.23. The van der Waals surface area contributed by atoms with Crippen LogP contribution in [0, 0.1) is 5.41 Å². The van der Waals surface area contributed by atoms with Crippen LogP contribution < -0.4 is 10.2 Å². The van der Waals surface area contributed by atoms with Crippen molar-refractivity contribution in [3.63, 3.8) is 0 Å². The van der Waals surface area contributed by atoms with E-state index in [2.05, 4.69) is 27.3 Å². The number of amides is 2. The van der Waals surface area contributed by atoms with Crippen LogP contribution in [0.2, 0.25) is 5.02 Å². The Hall–Kier alpha value is -3.38. The van der Waals surface area contributed by atoms with Crippen LogP contribution in [0.4, 0.5) is 5.69 Å². The second-order valence-electron chi connectivity index (χ2n) is 10.9. The minimum absolute atomic E-state index is 0.114. The van der Waals surface area contributed by atoms with Crippen molar-refractivity contribution in [3.05, 3.63) is 94.3 Å². The number of nitrogens with one attached hydrogen (secondary N) is 1. The Morgan fingerprint density at radius 3 is 2.29 bits per heavy atom. The van der Waals surface area contributed by atoms with Crippen molar-refractivity contribution >= 4 is 29.1 Å². The van der Waals surface area contributed by atoms with Crippen LogP contribution >= 0.6 is 11.6 Å². The molecule has 2 aromatic carbocycles. The maximum atomic E-state index is 13.7. The van der Waals surface area contributed by atoms with E-state index in [1.165, 1.54) is 18.5 Å². The molecule has 1 aromatic heterocycles. The molecule has 2 amide bonds. The van der Waals surface area contributed by atoms with E-state index >= 15 is 0 Å². The molecule has 2 saturated heterocycles. The molecule has 1 aliphatic carbocycles. The summed E-state index contributed by atoms with van der Waals surface area (Å²) in [6.45, 7) is 3.74. The summed E-state index contributed by atoms with van der Waals surface area (Å²) in [5.41, 5.74) is 4.99. The third-order valence-corrected chi connectivity index (χ3v) is 9.22. The number of hydrogen-bond acceptors (Lipinski definition) is 4. The fraction of sp³-hybridized carbons (Fsp3) is 0.387. The first-order valence-corrected chi connectivity index (χ1v) is 14.0. The van der Waals surface area contributed by atoms with E-state index in [1.807, 2.05) is 47.6 Å². The van der Waals surface area contributed by atoms with Gasteiger partial charge in [-0.1, -0.05) is 35.9 Å². The number of halogens is 1. The lowest BCUT2D eigenvalue weighted by molar-refractivity contribution is 0.0514. The van der Waals surface area contributed by atoms with Crippen molar-refractivity contribution in [2.45, 2.75) is 44.6 Å². The number of benzene rings is 2. The molecule has 1 spiro atoms. The van der Waals surface area contributed by atoms with E-state index in [9.17, 15) is 9.59 Å². The van der Waals surface area contributed by atoms with Crippen molar-refractivity contribution in [1.29, 1.82) is 0 Å². The first-order chi connectivity index (χ1) is 18.5. The van der Waals surface area contributed by atoms with Crippen LogP contribution in [0.3, 0.4) is 0 Å². The van der Waals surface area contributed by atoms with Crippen molar-refractivity contribution in [3.8, 4) is 0 Å². The first-order valence-electron chi connectivity index (χ1n) is 13.6. The monoisotopic (exact) mass is 528 g/mol. The molecule has 3 heterocycles. The summed E-state index contributed by atoms with van der Waals surface area (Å²) in [7, 11) is 0. The van der Waals surface area contributed by atoms with Gasteiger partial charge in [0.15, 0.2) is 0 Å². The van der Waals surface area contributed by atoms with Gasteiger partial charge >= 0.3 is 0 Å². The molecule has 38 heavy (non-hydrogen) atoms. The third kappa shape index (κ3) is 4.78. The molecule has 1 N–H and O–H groups in total. The van der Waals surface area contributed by atoms with Crippen molar-refractivity contribution in [2.24, 2.45) is 5.41 Å². The van der Waals surface area contributed by atoms with E-state index in [4.69, 9.17) is 11.6 Å². The van der Waals surface area contributed by atoms with Gasteiger partial charge in [0, 0.05) is 49.8 Å². The number of aromatic nitrogens is 1. The molecule has 0 saturated carbocycles.